The Morgan fingerprint density at radius 2 is 1.41 bits per heavy atom. The molecule has 0 saturated heterocycles. The highest BCUT2D eigenvalue weighted by Gasteiger charge is 2.21. The van der Waals surface area contributed by atoms with E-state index >= 15 is 0 Å². The molecule has 6 heteroatoms. The summed E-state index contributed by atoms with van der Waals surface area (Å²) in [5.41, 5.74) is 6.43. The first-order valence-corrected chi connectivity index (χ1v) is 12.2. The molecule has 1 heterocycles. The molecule has 34 heavy (non-hydrogen) atoms. The van der Waals surface area contributed by atoms with Crippen LogP contribution in [-0.2, 0) is 4.79 Å². The lowest BCUT2D eigenvalue weighted by Crippen LogP contribution is -2.24. The molecule has 172 valence electrons. The third-order valence-electron chi connectivity index (χ3n) is 5.59. The number of para-hydroxylation sites is 1. The van der Waals surface area contributed by atoms with Crippen molar-refractivity contribution in [2.24, 2.45) is 0 Å². The van der Waals surface area contributed by atoms with Crippen LogP contribution in [0.4, 0.5) is 5.69 Å². The summed E-state index contributed by atoms with van der Waals surface area (Å²) in [6, 6.07) is 25.9. The first-order valence-electron chi connectivity index (χ1n) is 11.4. The molecule has 4 aromatic rings. The molecule has 1 unspecified atom stereocenters. The van der Waals surface area contributed by atoms with Crippen LogP contribution in [0.5, 0.6) is 0 Å². The fraction of sp³-hybridized carbons (Fsp3) is 0.214. The summed E-state index contributed by atoms with van der Waals surface area (Å²) in [6.07, 6.45) is 0. The number of rotatable bonds is 7. The molecule has 3 aromatic carbocycles. The van der Waals surface area contributed by atoms with Gasteiger partial charge in [0.1, 0.15) is 11.4 Å². The van der Waals surface area contributed by atoms with Gasteiger partial charge in [0.25, 0.3) is 0 Å². The quantitative estimate of drug-likeness (QED) is 0.304. The summed E-state index contributed by atoms with van der Waals surface area (Å²) in [7, 11) is 0. The Labute approximate surface area is 205 Å². The number of thioether (sulfide) groups is 1. The molecule has 0 radical (unpaired) electrons. The normalized spacial score (nSPS) is 11.9. The van der Waals surface area contributed by atoms with Crippen LogP contribution in [0, 0.1) is 6.92 Å². The molecule has 0 aliphatic rings. The summed E-state index contributed by atoms with van der Waals surface area (Å²) >= 11 is 1.31. The number of anilines is 1. The lowest BCUT2D eigenvalue weighted by molar-refractivity contribution is -0.115. The van der Waals surface area contributed by atoms with Crippen LogP contribution in [0.2, 0.25) is 0 Å². The Kier molecular flexibility index (Phi) is 7.38. The highest BCUT2D eigenvalue weighted by molar-refractivity contribution is 8.00. The van der Waals surface area contributed by atoms with Crippen molar-refractivity contribution >= 4 is 23.4 Å². The molecule has 1 aromatic heterocycles. The van der Waals surface area contributed by atoms with Gasteiger partial charge in [-0.05, 0) is 30.9 Å². The van der Waals surface area contributed by atoms with Gasteiger partial charge in [0.2, 0.25) is 11.1 Å². The summed E-state index contributed by atoms with van der Waals surface area (Å²) in [5.74, 6) is 0.225. The number of nitrogens with zero attached hydrogens (tertiary/aromatic N) is 3. The number of carbonyl (C=O) groups is 1. The zero-order valence-electron chi connectivity index (χ0n) is 19.8. The van der Waals surface area contributed by atoms with Gasteiger partial charge in [-0.3, -0.25) is 4.79 Å². The molecule has 1 amide bonds. The zero-order valence-corrected chi connectivity index (χ0v) is 20.6. The largest absolute Gasteiger partial charge is 0.325 e. The van der Waals surface area contributed by atoms with Gasteiger partial charge in [-0.1, -0.05) is 104 Å². The lowest BCUT2D eigenvalue weighted by Gasteiger charge is -2.18. The van der Waals surface area contributed by atoms with Gasteiger partial charge in [0, 0.05) is 16.8 Å². The van der Waals surface area contributed by atoms with Crippen LogP contribution in [0.3, 0.4) is 0 Å². The van der Waals surface area contributed by atoms with E-state index in [0.717, 1.165) is 39.3 Å². The number of nitrogens with one attached hydrogen (secondary N) is 1. The van der Waals surface area contributed by atoms with E-state index in [1.54, 1.807) is 0 Å². The minimum absolute atomic E-state index is 0.0850. The van der Waals surface area contributed by atoms with Gasteiger partial charge < -0.3 is 5.32 Å². The van der Waals surface area contributed by atoms with Gasteiger partial charge in [-0.2, -0.15) is 0 Å². The molecule has 0 bridgehead atoms. The highest BCUT2D eigenvalue weighted by Crippen LogP contribution is 2.32. The highest BCUT2D eigenvalue weighted by atomic mass is 32.2. The predicted molar refractivity (Wildman–Crippen MR) is 140 cm³/mol. The van der Waals surface area contributed by atoms with E-state index in [2.05, 4.69) is 35.4 Å². The van der Waals surface area contributed by atoms with Gasteiger partial charge >= 0.3 is 0 Å². The van der Waals surface area contributed by atoms with Crippen LogP contribution in [-0.4, -0.2) is 26.3 Å². The third kappa shape index (κ3) is 5.34. The van der Waals surface area contributed by atoms with E-state index < -0.39 is 5.25 Å². The van der Waals surface area contributed by atoms with E-state index in [1.807, 2.05) is 86.6 Å². The number of carbonyl (C=O) groups excluding carboxylic acids is 1. The first-order chi connectivity index (χ1) is 16.4. The molecule has 1 atom stereocenters. The third-order valence-corrected chi connectivity index (χ3v) is 6.54. The molecule has 0 aliphatic heterocycles. The van der Waals surface area contributed by atoms with Crippen LogP contribution >= 0.6 is 11.8 Å². The molecule has 0 saturated carbocycles. The first kappa shape index (κ1) is 23.6. The number of benzene rings is 3. The minimum Gasteiger partial charge on any atom is -0.325 e. The Bertz CT molecular complexity index is 1280. The van der Waals surface area contributed by atoms with E-state index in [-0.39, 0.29) is 5.91 Å². The topological polar surface area (TPSA) is 67.8 Å². The molecular formula is C28H28N4OS. The molecule has 0 spiro atoms. The average Bonchev–Trinajstić information content (AvgIpc) is 2.86. The predicted octanol–water partition coefficient (Wildman–Crippen LogP) is 6.76. The van der Waals surface area contributed by atoms with Crippen molar-refractivity contribution in [1.29, 1.82) is 0 Å². The maximum atomic E-state index is 13.1. The van der Waals surface area contributed by atoms with Gasteiger partial charge in [-0.25, -0.2) is 4.98 Å². The molecular weight excluding hydrogens is 440 g/mol. The minimum atomic E-state index is -0.396. The van der Waals surface area contributed by atoms with Crippen molar-refractivity contribution in [3.63, 3.8) is 0 Å². The van der Waals surface area contributed by atoms with Crippen molar-refractivity contribution in [2.45, 2.75) is 44.0 Å². The number of hydrogen-bond donors (Lipinski definition) is 1. The lowest BCUT2D eigenvalue weighted by atomic mass is 9.98. The van der Waals surface area contributed by atoms with Crippen molar-refractivity contribution in [1.82, 2.24) is 15.2 Å². The number of hydrogen-bond acceptors (Lipinski definition) is 5. The second-order valence-corrected chi connectivity index (χ2v) is 9.77. The molecule has 1 N–H and O–H groups in total. The zero-order chi connectivity index (χ0) is 24.1. The fourth-order valence-corrected chi connectivity index (χ4v) is 4.44. The van der Waals surface area contributed by atoms with Crippen molar-refractivity contribution in [2.75, 3.05) is 5.32 Å². The van der Waals surface area contributed by atoms with E-state index in [1.165, 1.54) is 11.8 Å². The number of aromatic nitrogens is 3. The van der Waals surface area contributed by atoms with E-state index in [4.69, 9.17) is 4.98 Å². The Morgan fingerprint density at radius 1 is 0.794 bits per heavy atom. The van der Waals surface area contributed by atoms with Crippen LogP contribution in [0.15, 0.2) is 84.0 Å². The summed E-state index contributed by atoms with van der Waals surface area (Å²) < 4.78 is 0. The maximum Gasteiger partial charge on any atom is 0.237 e. The fourth-order valence-electron chi connectivity index (χ4n) is 3.73. The molecule has 5 nitrogen and oxygen atoms in total. The molecule has 0 aliphatic carbocycles. The van der Waals surface area contributed by atoms with Gasteiger partial charge in [0.05, 0.1) is 5.25 Å². The Morgan fingerprint density at radius 3 is 2.03 bits per heavy atom. The SMILES string of the molecule is Cc1cccc(C(C)C)c1NC(=O)C(C)Sc1nnc(-c2ccccc2)c(-c2ccccc2)n1. The maximum absolute atomic E-state index is 13.1. The smallest absolute Gasteiger partial charge is 0.237 e. The van der Waals surface area contributed by atoms with E-state index in [0.29, 0.717) is 11.1 Å². The summed E-state index contributed by atoms with van der Waals surface area (Å²) in [4.78, 5) is 17.9. The average molecular weight is 469 g/mol. The molecule has 0 fully saturated rings. The summed E-state index contributed by atoms with van der Waals surface area (Å²) in [5, 5.41) is 12.1. The number of aryl methyl sites for hydroxylation is 1. The Hall–Kier alpha value is -3.51. The van der Waals surface area contributed by atoms with Crippen LogP contribution < -0.4 is 5.32 Å². The van der Waals surface area contributed by atoms with Gasteiger partial charge in [-0.15, -0.1) is 10.2 Å². The van der Waals surface area contributed by atoms with Crippen molar-refractivity contribution in [3.05, 3.63) is 90.0 Å². The van der Waals surface area contributed by atoms with E-state index in [9.17, 15) is 4.79 Å². The van der Waals surface area contributed by atoms with Crippen LogP contribution in [0.1, 0.15) is 37.8 Å². The second-order valence-electron chi connectivity index (χ2n) is 8.47. The van der Waals surface area contributed by atoms with Crippen molar-refractivity contribution < 1.29 is 4.79 Å². The Balaban J connectivity index is 1.60. The molecule has 4 rings (SSSR count). The number of amides is 1. The van der Waals surface area contributed by atoms with Crippen LogP contribution in [0.25, 0.3) is 22.5 Å². The second kappa shape index (κ2) is 10.6. The van der Waals surface area contributed by atoms with Gasteiger partial charge in [0.15, 0.2) is 0 Å². The standard InChI is InChI=1S/C28H28N4OS/c1-18(2)23-17-11-12-19(3)24(23)29-27(33)20(4)34-28-30-25(21-13-7-5-8-14-21)26(31-32-28)22-15-9-6-10-16-22/h5-18,20H,1-4H3,(H,29,33). The summed E-state index contributed by atoms with van der Waals surface area (Å²) in [6.45, 7) is 8.13. The monoisotopic (exact) mass is 468 g/mol. The van der Waals surface area contributed by atoms with Crippen molar-refractivity contribution in [3.8, 4) is 22.5 Å².